The van der Waals surface area contributed by atoms with Gasteiger partial charge in [-0.2, -0.15) is 0 Å². The van der Waals surface area contributed by atoms with Crippen LogP contribution in [0.3, 0.4) is 0 Å². The predicted octanol–water partition coefficient (Wildman–Crippen LogP) is 2.15. The predicted molar refractivity (Wildman–Crippen MR) is 110 cm³/mol. The van der Waals surface area contributed by atoms with Gasteiger partial charge in [0.05, 0.1) is 11.4 Å². The molecule has 0 aromatic heterocycles. The molecule has 2 N–H and O–H groups in total. The number of ketones is 1. The zero-order valence-electron chi connectivity index (χ0n) is 16.3. The quantitative estimate of drug-likeness (QED) is 0.618. The summed E-state index contributed by atoms with van der Waals surface area (Å²) in [5.41, 5.74) is 1.50. The van der Waals surface area contributed by atoms with E-state index in [1.807, 2.05) is 0 Å². The largest absolute Gasteiger partial charge is 0.447 e. The Labute approximate surface area is 174 Å². The van der Waals surface area contributed by atoms with Crippen LogP contribution in [0, 0.1) is 0 Å². The SMILES string of the molecule is CC(=O)c1ccc(S(=O)(=O)NCCC(=O)Nc2cccc(N3CCOC3=O)c2)cc1. The number of Topliss-reactive ketones (excluding diaryl/α,β-unsaturated/α-hetero) is 1. The number of nitrogens with one attached hydrogen (secondary N) is 2. The molecule has 0 aliphatic carbocycles. The molecule has 158 valence electrons. The second-order valence-electron chi connectivity index (χ2n) is 6.59. The van der Waals surface area contributed by atoms with Crippen molar-refractivity contribution >= 4 is 39.2 Å². The van der Waals surface area contributed by atoms with Gasteiger partial charge in [-0.3, -0.25) is 14.5 Å². The Morgan fingerprint density at radius 3 is 2.50 bits per heavy atom. The Bertz CT molecular complexity index is 1070. The summed E-state index contributed by atoms with van der Waals surface area (Å²) >= 11 is 0. The van der Waals surface area contributed by atoms with Crippen LogP contribution in [-0.4, -0.2) is 45.9 Å². The molecule has 2 aromatic rings. The van der Waals surface area contributed by atoms with Crippen LogP contribution in [0.25, 0.3) is 0 Å². The van der Waals surface area contributed by atoms with E-state index < -0.39 is 16.1 Å². The molecule has 1 aliphatic rings. The van der Waals surface area contributed by atoms with Crippen molar-refractivity contribution in [2.75, 3.05) is 29.9 Å². The van der Waals surface area contributed by atoms with Crippen molar-refractivity contribution in [1.82, 2.24) is 4.72 Å². The maximum Gasteiger partial charge on any atom is 0.414 e. The van der Waals surface area contributed by atoms with Crippen molar-refractivity contribution in [3.63, 3.8) is 0 Å². The average Bonchev–Trinajstić information content (AvgIpc) is 3.14. The highest BCUT2D eigenvalue weighted by Gasteiger charge is 2.23. The van der Waals surface area contributed by atoms with Crippen molar-refractivity contribution < 1.29 is 27.5 Å². The van der Waals surface area contributed by atoms with E-state index in [0.29, 0.717) is 30.1 Å². The molecule has 2 amide bonds. The lowest BCUT2D eigenvalue weighted by atomic mass is 10.2. The topological polar surface area (TPSA) is 122 Å². The Kier molecular flexibility index (Phi) is 6.48. The number of anilines is 2. The highest BCUT2D eigenvalue weighted by atomic mass is 32.2. The monoisotopic (exact) mass is 431 g/mol. The van der Waals surface area contributed by atoms with Crippen molar-refractivity contribution in [2.24, 2.45) is 0 Å². The molecule has 0 unspecified atom stereocenters. The first-order valence-electron chi connectivity index (χ1n) is 9.21. The third kappa shape index (κ3) is 5.22. The Balaban J connectivity index is 1.53. The zero-order valence-corrected chi connectivity index (χ0v) is 17.1. The molecule has 0 bridgehead atoms. The number of sulfonamides is 1. The fraction of sp³-hybridized carbons (Fsp3) is 0.250. The lowest BCUT2D eigenvalue weighted by molar-refractivity contribution is -0.116. The van der Waals surface area contributed by atoms with Crippen LogP contribution in [-0.2, 0) is 19.6 Å². The number of ether oxygens (including phenoxy) is 1. The van der Waals surface area contributed by atoms with E-state index in [4.69, 9.17) is 4.74 Å². The van der Waals surface area contributed by atoms with E-state index in [0.717, 1.165) is 0 Å². The fourth-order valence-corrected chi connectivity index (χ4v) is 3.89. The van der Waals surface area contributed by atoms with Crippen LogP contribution < -0.4 is 14.9 Å². The average molecular weight is 431 g/mol. The highest BCUT2D eigenvalue weighted by Crippen LogP contribution is 2.22. The van der Waals surface area contributed by atoms with Crippen LogP contribution >= 0.6 is 0 Å². The Hall–Kier alpha value is -3.24. The van der Waals surface area contributed by atoms with Gasteiger partial charge in [-0.25, -0.2) is 17.9 Å². The van der Waals surface area contributed by atoms with E-state index in [2.05, 4.69) is 10.0 Å². The number of benzene rings is 2. The first-order chi connectivity index (χ1) is 14.3. The molecule has 9 nitrogen and oxygen atoms in total. The number of amides is 2. The minimum atomic E-state index is -3.79. The number of nitrogens with zero attached hydrogens (tertiary/aromatic N) is 1. The van der Waals surface area contributed by atoms with Crippen LogP contribution in [0.15, 0.2) is 53.4 Å². The molecular weight excluding hydrogens is 410 g/mol. The lowest BCUT2D eigenvalue weighted by Gasteiger charge is -2.14. The first kappa shape index (κ1) is 21.5. The van der Waals surface area contributed by atoms with Gasteiger partial charge in [0.2, 0.25) is 15.9 Å². The summed E-state index contributed by atoms with van der Waals surface area (Å²) in [6.07, 6.45) is -0.523. The second kappa shape index (κ2) is 9.06. The molecule has 1 fully saturated rings. The molecule has 1 saturated heterocycles. The van der Waals surface area contributed by atoms with Crippen molar-refractivity contribution in [3.8, 4) is 0 Å². The van der Waals surface area contributed by atoms with Gasteiger partial charge in [-0.05, 0) is 37.3 Å². The molecule has 1 aliphatic heterocycles. The molecule has 3 rings (SSSR count). The normalized spacial score (nSPS) is 13.8. The summed E-state index contributed by atoms with van der Waals surface area (Å²) in [4.78, 5) is 36.6. The molecule has 2 aromatic carbocycles. The number of carbonyl (C=O) groups is 3. The van der Waals surface area contributed by atoms with Gasteiger partial charge in [0.1, 0.15) is 6.61 Å². The van der Waals surface area contributed by atoms with Crippen LogP contribution in [0.4, 0.5) is 16.2 Å². The molecular formula is C20H21N3O6S. The van der Waals surface area contributed by atoms with Gasteiger partial charge in [0.15, 0.2) is 5.78 Å². The van der Waals surface area contributed by atoms with Crippen molar-refractivity contribution in [3.05, 3.63) is 54.1 Å². The third-order valence-electron chi connectivity index (χ3n) is 4.42. The number of hydrogen-bond acceptors (Lipinski definition) is 6. The minimum Gasteiger partial charge on any atom is -0.447 e. The van der Waals surface area contributed by atoms with Crippen LogP contribution in [0.5, 0.6) is 0 Å². The van der Waals surface area contributed by atoms with Gasteiger partial charge in [-0.15, -0.1) is 0 Å². The van der Waals surface area contributed by atoms with Crippen molar-refractivity contribution in [1.29, 1.82) is 0 Å². The molecule has 10 heteroatoms. The number of hydrogen-bond donors (Lipinski definition) is 2. The van der Waals surface area contributed by atoms with E-state index >= 15 is 0 Å². The lowest BCUT2D eigenvalue weighted by Crippen LogP contribution is -2.28. The number of rotatable bonds is 8. The summed E-state index contributed by atoms with van der Waals surface area (Å²) < 4.78 is 31.9. The summed E-state index contributed by atoms with van der Waals surface area (Å²) in [5, 5.41) is 2.68. The molecule has 0 saturated carbocycles. The third-order valence-corrected chi connectivity index (χ3v) is 5.89. The Morgan fingerprint density at radius 1 is 1.13 bits per heavy atom. The maximum atomic E-state index is 12.3. The van der Waals surface area contributed by atoms with Crippen molar-refractivity contribution in [2.45, 2.75) is 18.2 Å². The molecule has 30 heavy (non-hydrogen) atoms. The molecule has 0 radical (unpaired) electrons. The van der Waals surface area contributed by atoms with E-state index in [-0.39, 0.29) is 29.6 Å². The maximum absolute atomic E-state index is 12.3. The van der Waals surface area contributed by atoms with E-state index in [1.54, 1.807) is 24.3 Å². The standard InChI is InChI=1S/C20H21N3O6S/c1-14(24)15-5-7-18(8-6-15)30(27,28)21-10-9-19(25)22-16-3-2-4-17(13-16)23-11-12-29-20(23)26/h2-8,13,21H,9-12H2,1H3,(H,22,25). The summed E-state index contributed by atoms with van der Waals surface area (Å²) in [5.74, 6) is -0.542. The highest BCUT2D eigenvalue weighted by molar-refractivity contribution is 7.89. The summed E-state index contributed by atoms with van der Waals surface area (Å²) in [7, 11) is -3.79. The fourth-order valence-electron chi connectivity index (χ4n) is 2.85. The molecule has 0 atom stereocenters. The minimum absolute atomic E-state index is 0.0121. The van der Waals surface area contributed by atoms with Gasteiger partial charge < -0.3 is 10.1 Å². The first-order valence-corrected chi connectivity index (χ1v) is 10.7. The van der Waals surface area contributed by atoms with Gasteiger partial charge in [0, 0.05) is 29.9 Å². The smallest absolute Gasteiger partial charge is 0.414 e. The van der Waals surface area contributed by atoms with Gasteiger partial charge in [0.25, 0.3) is 0 Å². The van der Waals surface area contributed by atoms with Gasteiger partial charge >= 0.3 is 6.09 Å². The van der Waals surface area contributed by atoms with E-state index in [9.17, 15) is 22.8 Å². The number of carbonyl (C=O) groups excluding carboxylic acids is 3. The Morgan fingerprint density at radius 2 is 1.87 bits per heavy atom. The van der Waals surface area contributed by atoms with Crippen LogP contribution in [0.2, 0.25) is 0 Å². The molecule has 1 heterocycles. The molecule has 0 spiro atoms. The van der Waals surface area contributed by atoms with E-state index in [1.165, 1.54) is 36.1 Å². The summed E-state index contributed by atoms with van der Waals surface area (Å²) in [6, 6.07) is 12.3. The summed E-state index contributed by atoms with van der Waals surface area (Å²) in [6.45, 7) is 2.05. The number of cyclic esters (lactones) is 1. The van der Waals surface area contributed by atoms with Gasteiger partial charge in [-0.1, -0.05) is 18.2 Å². The zero-order chi connectivity index (χ0) is 21.7. The second-order valence-corrected chi connectivity index (χ2v) is 8.36. The van der Waals surface area contributed by atoms with Crippen LogP contribution in [0.1, 0.15) is 23.7 Å².